The molecule has 4 heteroatoms. The Bertz CT molecular complexity index is 2250. The Hall–Kier alpha value is -5.74. The summed E-state index contributed by atoms with van der Waals surface area (Å²) in [6.45, 7) is 2.03. The van der Waals surface area contributed by atoms with Gasteiger partial charge in [-0.15, -0.1) is 0 Å². The highest BCUT2D eigenvalue weighted by Gasteiger charge is 2.15. The molecular formula is C41H30N4. The third-order valence-electron chi connectivity index (χ3n) is 8.39. The Balaban J connectivity index is 1.26. The third-order valence-corrected chi connectivity index (χ3v) is 8.39. The molecule has 0 saturated heterocycles. The zero-order valence-electron chi connectivity index (χ0n) is 25.0. The lowest BCUT2D eigenvalue weighted by Crippen LogP contribution is -1.98. The van der Waals surface area contributed by atoms with Gasteiger partial charge in [0.2, 0.25) is 0 Å². The number of aryl methyl sites for hydroxylation is 1. The van der Waals surface area contributed by atoms with E-state index in [1.807, 2.05) is 25.1 Å². The van der Waals surface area contributed by atoms with Crippen LogP contribution >= 0.6 is 0 Å². The summed E-state index contributed by atoms with van der Waals surface area (Å²) < 4.78 is 0. The number of rotatable bonds is 5. The fourth-order valence-electron chi connectivity index (χ4n) is 6.05. The van der Waals surface area contributed by atoms with Gasteiger partial charge in [-0.25, -0.2) is 15.0 Å². The van der Waals surface area contributed by atoms with Crippen LogP contribution in [-0.2, 0) is 0 Å². The van der Waals surface area contributed by atoms with E-state index in [0.29, 0.717) is 0 Å². The summed E-state index contributed by atoms with van der Waals surface area (Å²) >= 11 is 0. The van der Waals surface area contributed by atoms with Crippen molar-refractivity contribution in [2.24, 2.45) is 0 Å². The van der Waals surface area contributed by atoms with Crippen molar-refractivity contribution in [3.8, 4) is 45.0 Å². The zero-order chi connectivity index (χ0) is 30.2. The van der Waals surface area contributed by atoms with Crippen LogP contribution in [0, 0.1) is 6.92 Å². The molecule has 4 nitrogen and oxygen atoms in total. The average molecular weight is 579 g/mol. The second kappa shape index (κ2) is 11.4. The summed E-state index contributed by atoms with van der Waals surface area (Å²) in [5.74, 6) is 0.727. The van der Waals surface area contributed by atoms with Gasteiger partial charge in [0.25, 0.3) is 0 Å². The van der Waals surface area contributed by atoms with E-state index in [-0.39, 0.29) is 0 Å². The zero-order valence-corrected chi connectivity index (χ0v) is 25.0. The second-order valence-electron chi connectivity index (χ2n) is 11.5. The molecule has 0 spiro atoms. The molecule has 0 radical (unpaired) electrons. The van der Waals surface area contributed by atoms with Crippen molar-refractivity contribution in [3.63, 3.8) is 0 Å². The molecular weight excluding hydrogens is 548 g/mol. The lowest BCUT2D eigenvalue weighted by molar-refractivity contribution is 1.03. The maximum Gasteiger partial charge on any atom is 0.160 e. The van der Waals surface area contributed by atoms with E-state index in [0.717, 1.165) is 96.6 Å². The van der Waals surface area contributed by atoms with E-state index >= 15 is 0 Å². The Morgan fingerprint density at radius 1 is 0.511 bits per heavy atom. The highest BCUT2D eigenvalue weighted by Crippen LogP contribution is 2.36. The Kier molecular flexibility index (Phi) is 6.80. The Labute approximate surface area is 262 Å². The maximum absolute atomic E-state index is 5.23. The van der Waals surface area contributed by atoms with Crippen molar-refractivity contribution in [2.75, 3.05) is 0 Å². The summed E-state index contributed by atoms with van der Waals surface area (Å²) in [5.41, 5.74) is 12.1. The predicted octanol–water partition coefficient (Wildman–Crippen LogP) is 10.3. The number of aromatic nitrogens is 4. The minimum absolute atomic E-state index is 0.727. The van der Waals surface area contributed by atoms with Crippen LogP contribution in [0.2, 0.25) is 0 Å². The molecule has 1 aliphatic rings. The number of fused-ring (bicyclic) bond motifs is 3. The van der Waals surface area contributed by atoms with Gasteiger partial charge in [-0.2, -0.15) is 0 Å². The fraction of sp³-hybridized carbons (Fsp3) is 0.0732. The maximum atomic E-state index is 5.23. The summed E-state index contributed by atoms with van der Waals surface area (Å²) in [4.78, 5) is 20.1. The number of nitrogens with zero attached hydrogens (tertiary/aromatic N) is 4. The van der Waals surface area contributed by atoms with Gasteiger partial charge < -0.3 is 0 Å². The lowest BCUT2D eigenvalue weighted by atomic mass is 9.96. The fourth-order valence-corrected chi connectivity index (χ4v) is 6.05. The largest absolute Gasteiger partial charge is 0.251 e. The smallest absolute Gasteiger partial charge is 0.160 e. The van der Waals surface area contributed by atoms with Crippen LogP contribution in [-0.4, -0.2) is 19.9 Å². The number of pyridine rings is 2. The van der Waals surface area contributed by atoms with Crippen molar-refractivity contribution in [1.29, 1.82) is 0 Å². The first-order valence-electron chi connectivity index (χ1n) is 15.4. The number of benzene rings is 4. The van der Waals surface area contributed by atoms with E-state index in [1.54, 1.807) is 0 Å². The highest BCUT2D eigenvalue weighted by atomic mass is 14.9. The first-order valence-corrected chi connectivity index (χ1v) is 15.4. The normalized spacial score (nSPS) is 12.9. The van der Waals surface area contributed by atoms with Crippen molar-refractivity contribution in [1.82, 2.24) is 19.9 Å². The van der Waals surface area contributed by atoms with Gasteiger partial charge >= 0.3 is 0 Å². The van der Waals surface area contributed by atoms with Gasteiger partial charge in [0.1, 0.15) is 0 Å². The first-order chi connectivity index (χ1) is 22.2. The van der Waals surface area contributed by atoms with Gasteiger partial charge in [0, 0.05) is 33.2 Å². The molecule has 45 heavy (non-hydrogen) atoms. The van der Waals surface area contributed by atoms with E-state index in [2.05, 4.69) is 121 Å². The highest BCUT2D eigenvalue weighted by molar-refractivity contribution is 6.09. The SMILES string of the molecule is Cc1ccc2ccc3c(-c4ccccc4)cc(-c4ccc(-c5cc(C6=CCCC=C6)nc(-c6ccccc6)n5)cc4)nc3c2n1. The van der Waals surface area contributed by atoms with Crippen LogP contribution in [0.5, 0.6) is 0 Å². The van der Waals surface area contributed by atoms with Gasteiger partial charge in [-0.3, -0.25) is 4.98 Å². The molecule has 0 N–H and O–H groups in total. The first kappa shape index (κ1) is 26.9. The van der Waals surface area contributed by atoms with E-state index < -0.39 is 0 Å². The monoisotopic (exact) mass is 578 g/mol. The minimum atomic E-state index is 0.727. The molecule has 0 aliphatic heterocycles. The van der Waals surface area contributed by atoms with Crippen molar-refractivity contribution in [3.05, 3.63) is 151 Å². The van der Waals surface area contributed by atoms with Crippen molar-refractivity contribution >= 4 is 27.4 Å². The second-order valence-corrected chi connectivity index (χ2v) is 11.5. The van der Waals surface area contributed by atoms with Crippen LogP contribution < -0.4 is 0 Å². The van der Waals surface area contributed by atoms with Crippen LogP contribution in [0.15, 0.2) is 140 Å². The molecule has 8 rings (SSSR count). The molecule has 3 aromatic heterocycles. The minimum Gasteiger partial charge on any atom is -0.251 e. The van der Waals surface area contributed by atoms with Crippen LogP contribution in [0.1, 0.15) is 24.2 Å². The van der Waals surface area contributed by atoms with Gasteiger partial charge in [0.05, 0.1) is 28.1 Å². The molecule has 3 heterocycles. The molecule has 0 saturated carbocycles. The van der Waals surface area contributed by atoms with E-state index in [1.165, 1.54) is 0 Å². The van der Waals surface area contributed by atoms with Gasteiger partial charge in [0.15, 0.2) is 5.82 Å². The molecule has 7 aromatic rings. The number of allylic oxidation sites excluding steroid dienone is 4. The van der Waals surface area contributed by atoms with Gasteiger partial charge in [-0.1, -0.05) is 121 Å². The molecule has 0 atom stereocenters. The van der Waals surface area contributed by atoms with Crippen LogP contribution in [0.25, 0.3) is 72.4 Å². The summed E-state index contributed by atoms with van der Waals surface area (Å²) in [6, 6.07) is 42.1. The number of hydrogen-bond acceptors (Lipinski definition) is 4. The standard InChI is InChI=1S/C41H30N4/c1-27-17-18-32-23-24-34-35(28-11-5-2-6-12-28)25-36(43-40(34)39(32)42-27)30-19-21-31(22-20-30)38-26-37(29-13-7-3-8-14-29)44-41(45-38)33-15-9-4-10-16-33/h2,4-7,9-26H,3,8H2,1H3. The number of hydrogen-bond donors (Lipinski definition) is 0. The predicted molar refractivity (Wildman–Crippen MR) is 185 cm³/mol. The van der Waals surface area contributed by atoms with Gasteiger partial charge in [-0.05, 0) is 54.7 Å². The molecule has 0 unspecified atom stereocenters. The lowest BCUT2D eigenvalue weighted by Gasteiger charge is -2.13. The molecule has 1 aliphatic carbocycles. The molecule has 0 bridgehead atoms. The van der Waals surface area contributed by atoms with E-state index in [4.69, 9.17) is 19.9 Å². The van der Waals surface area contributed by atoms with Crippen molar-refractivity contribution < 1.29 is 0 Å². The molecule has 0 fully saturated rings. The van der Waals surface area contributed by atoms with Crippen LogP contribution in [0.3, 0.4) is 0 Å². The average Bonchev–Trinajstić information content (AvgIpc) is 3.12. The summed E-state index contributed by atoms with van der Waals surface area (Å²) in [6.07, 6.45) is 8.74. The van der Waals surface area contributed by atoms with Crippen LogP contribution in [0.4, 0.5) is 0 Å². The molecule has 4 aromatic carbocycles. The molecule has 214 valence electrons. The summed E-state index contributed by atoms with van der Waals surface area (Å²) in [5, 5.41) is 2.18. The topological polar surface area (TPSA) is 51.6 Å². The molecule has 0 amide bonds. The Morgan fingerprint density at radius 3 is 1.89 bits per heavy atom. The van der Waals surface area contributed by atoms with Crippen molar-refractivity contribution in [2.45, 2.75) is 19.8 Å². The third kappa shape index (κ3) is 5.21. The Morgan fingerprint density at radius 2 is 1.18 bits per heavy atom. The van der Waals surface area contributed by atoms with E-state index in [9.17, 15) is 0 Å². The summed E-state index contributed by atoms with van der Waals surface area (Å²) in [7, 11) is 0. The quantitative estimate of drug-likeness (QED) is 0.191.